The minimum absolute atomic E-state index is 0.0420. The average Bonchev–Trinajstić information content (AvgIpc) is 3.12. The maximum absolute atomic E-state index is 13.4. The number of carbonyl (C=O) groups excluding carboxylic acids is 1. The second-order valence-corrected chi connectivity index (χ2v) is 7.82. The van der Waals surface area contributed by atoms with Crippen molar-refractivity contribution in [2.75, 3.05) is 12.0 Å². The van der Waals surface area contributed by atoms with Crippen molar-refractivity contribution in [3.05, 3.63) is 90.3 Å². The fraction of sp³-hybridized carbons (Fsp3) is 0.231. The number of nitrogens with zero attached hydrogens (tertiary/aromatic N) is 3. The van der Waals surface area contributed by atoms with Crippen LogP contribution in [-0.2, 0) is 17.8 Å². The first-order valence-electron chi connectivity index (χ1n) is 10.5. The molecule has 0 fully saturated rings. The van der Waals surface area contributed by atoms with Crippen molar-refractivity contribution < 1.29 is 9.53 Å². The Balaban J connectivity index is 1.68. The summed E-state index contributed by atoms with van der Waals surface area (Å²) in [5.74, 6) is 1.74. The first kappa shape index (κ1) is 20.7. The number of methoxy groups -OCH3 is 1. The third-order valence-electron chi connectivity index (χ3n) is 5.37. The van der Waals surface area contributed by atoms with Crippen LogP contribution in [0.2, 0.25) is 0 Å². The second kappa shape index (κ2) is 9.04. The molecular weight excluding hydrogens is 386 g/mol. The zero-order chi connectivity index (χ0) is 21.8. The molecule has 0 saturated carbocycles. The number of fused-ring (bicyclic) bond motifs is 1. The number of para-hydroxylation sites is 3. The number of imidazole rings is 1. The Labute approximate surface area is 182 Å². The summed E-state index contributed by atoms with van der Waals surface area (Å²) in [5, 5.41) is 0. The van der Waals surface area contributed by atoms with Crippen LogP contribution in [0.15, 0.2) is 78.9 Å². The molecule has 31 heavy (non-hydrogen) atoms. The molecule has 0 spiro atoms. The number of amides is 1. The van der Waals surface area contributed by atoms with Gasteiger partial charge < -0.3 is 14.2 Å². The third kappa shape index (κ3) is 4.45. The lowest BCUT2D eigenvalue weighted by Crippen LogP contribution is -2.39. The zero-order valence-corrected chi connectivity index (χ0v) is 18.2. The highest BCUT2D eigenvalue weighted by molar-refractivity contribution is 5.94. The summed E-state index contributed by atoms with van der Waals surface area (Å²) in [4.78, 5) is 20.1. The van der Waals surface area contributed by atoms with Gasteiger partial charge in [0.05, 0.1) is 18.1 Å². The number of hydrogen-bond donors (Lipinski definition) is 0. The molecule has 3 aromatic carbocycles. The Kier molecular flexibility index (Phi) is 6.03. The van der Waals surface area contributed by atoms with Crippen molar-refractivity contribution in [2.24, 2.45) is 0 Å². The summed E-state index contributed by atoms with van der Waals surface area (Å²) in [7, 11) is 1.66. The van der Waals surface area contributed by atoms with E-state index in [1.807, 2.05) is 102 Å². The smallest absolute Gasteiger partial charge is 0.247 e. The van der Waals surface area contributed by atoms with Gasteiger partial charge in [0.25, 0.3) is 0 Å². The monoisotopic (exact) mass is 413 g/mol. The van der Waals surface area contributed by atoms with Gasteiger partial charge in [-0.05, 0) is 55.8 Å². The minimum Gasteiger partial charge on any atom is -0.497 e. The summed E-state index contributed by atoms with van der Waals surface area (Å²) in [6.45, 7) is 4.31. The van der Waals surface area contributed by atoms with E-state index >= 15 is 0 Å². The van der Waals surface area contributed by atoms with Crippen LogP contribution in [0.1, 0.15) is 25.2 Å². The Morgan fingerprint density at radius 3 is 2.32 bits per heavy atom. The fourth-order valence-electron chi connectivity index (χ4n) is 3.89. The highest BCUT2D eigenvalue weighted by Gasteiger charge is 2.22. The quantitative estimate of drug-likeness (QED) is 0.425. The summed E-state index contributed by atoms with van der Waals surface area (Å²) >= 11 is 0. The Morgan fingerprint density at radius 2 is 1.65 bits per heavy atom. The molecule has 4 rings (SSSR count). The predicted octanol–water partition coefficient (Wildman–Crippen LogP) is 5.08. The lowest BCUT2D eigenvalue weighted by molar-refractivity contribution is -0.119. The van der Waals surface area contributed by atoms with Crippen LogP contribution in [0.25, 0.3) is 11.0 Å². The second-order valence-electron chi connectivity index (χ2n) is 7.82. The van der Waals surface area contributed by atoms with E-state index in [1.165, 1.54) is 0 Å². The minimum atomic E-state index is 0.0420. The number of aromatic nitrogens is 2. The molecule has 0 aliphatic carbocycles. The first-order valence-corrected chi connectivity index (χ1v) is 10.5. The maximum Gasteiger partial charge on any atom is 0.247 e. The van der Waals surface area contributed by atoms with Crippen LogP contribution >= 0.6 is 0 Å². The van der Waals surface area contributed by atoms with Crippen molar-refractivity contribution in [3.8, 4) is 5.75 Å². The van der Waals surface area contributed by atoms with E-state index in [9.17, 15) is 4.79 Å². The van der Waals surface area contributed by atoms with Crippen LogP contribution in [-0.4, -0.2) is 28.6 Å². The van der Waals surface area contributed by atoms with Crippen molar-refractivity contribution in [2.45, 2.75) is 32.9 Å². The SMILES string of the molecule is COc1ccc(Cc2nc3ccccc3n2CC(=O)N(c2ccccc2)C(C)C)cc1. The summed E-state index contributed by atoms with van der Waals surface area (Å²) in [6.07, 6.45) is 0.638. The van der Waals surface area contributed by atoms with Crippen molar-refractivity contribution in [1.29, 1.82) is 0 Å². The van der Waals surface area contributed by atoms with E-state index in [4.69, 9.17) is 9.72 Å². The lowest BCUT2D eigenvalue weighted by atomic mass is 10.1. The third-order valence-corrected chi connectivity index (χ3v) is 5.37. The van der Waals surface area contributed by atoms with E-state index < -0.39 is 0 Å². The van der Waals surface area contributed by atoms with E-state index in [2.05, 4.69) is 0 Å². The molecule has 0 unspecified atom stereocenters. The van der Waals surface area contributed by atoms with Gasteiger partial charge in [0.1, 0.15) is 18.1 Å². The van der Waals surface area contributed by atoms with Gasteiger partial charge in [-0.25, -0.2) is 4.98 Å². The Morgan fingerprint density at radius 1 is 0.968 bits per heavy atom. The molecule has 0 radical (unpaired) electrons. The van der Waals surface area contributed by atoms with Crippen molar-refractivity contribution in [3.63, 3.8) is 0 Å². The lowest BCUT2D eigenvalue weighted by Gasteiger charge is -2.27. The Bertz CT molecular complexity index is 1160. The van der Waals surface area contributed by atoms with Crippen LogP contribution in [0.5, 0.6) is 5.75 Å². The molecule has 5 nitrogen and oxygen atoms in total. The molecule has 158 valence electrons. The molecule has 0 N–H and O–H groups in total. The number of anilines is 1. The van der Waals surface area contributed by atoms with Crippen LogP contribution < -0.4 is 9.64 Å². The van der Waals surface area contributed by atoms with Gasteiger partial charge in [-0.15, -0.1) is 0 Å². The summed E-state index contributed by atoms with van der Waals surface area (Å²) in [5.41, 5.74) is 3.89. The first-order chi connectivity index (χ1) is 15.1. The molecule has 0 aliphatic rings. The summed E-state index contributed by atoms with van der Waals surface area (Å²) in [6, 6.07) is 25.8. The molecule has 1 aromatic heterocycles. The standard InChI is InChI=1S/C26H27N3O2/c1-19(2)29(21-9-5-4-6-10-21)26(30)18-28-24-12-8-7-11-23(24)27-25(28)17-20-13-15-22(31-3)16-14-20/h4-16,19H,17-18H2,1-3H3. The molecule has 4 aromatic rings. The van der Waals surface area contributed by atoms with Gasteiger partial charge in [-0.3, -0.25) is 4.79 Å². The number of carbonyl (C=O) groups is 1. The van der Waals surface area contributed by atoms with Crippen molar-refractivity contribution >= 4 is 22.6 Å². The topological polar surface area (TPSA) is 47.4 Å². The largest absolute Gasteiger partial charge is 0.497 e. The van der Waals surface area contributed by atoms with Crippen LogP contribution in [0.3, 0.4) is 0 Å². The number of hydrogen-bond acceptors (Lipinski definition) is 3. The zero-order valence-electron chi connectivity index (χ0n) is 18.2. The molecular formula is C26H27N3O2. The normalized spacial score (nSPS) is 11.1. The average molecular weight is 414 g/mol. The van der Waals surface area contributed by atoms with Crippen molar-refractivity contribution in [1.82, 2.24) is 9.55 Å². The summed E-state index contributed by atoms with van der Waals surface area (Å²) < 4.78 is 7.31. The highest BCUT2D eigenvalue weighted by atomic mass is 16.5. The molecule has 1 heterocycles. The molecule has 5 heteroatoms. The van der Waals surface area contributed by atoms with Gasteiger partial charge in [0, 0.05) is 18.2 Å². The number of ether oxygens (including phenoxy) is 1. The van der Waals surface area contributed by atoms with Gasteiger partial charge >= 0.3 is 0 Å². The number of rotatable bonds is 7. The molecule has 0 atom stereocenters. The predicted molar refractivity (Wildman–Crippen MR) is 125 cm³/mol. The molecule has 1 amide bonds. The van der Waals surface area contributed by atoms with E-state index in [0.29, 0.717) is 6.42 Å². The van der Waals surface area contributed by atoms with Gasteiger partial charge in [0.2, 0.25) is 5.91 Å². The molecule has 0 saturated heterocycles. The number of benzene rings is 3. The molecule has 0 aliphatic heterocycles. The maximum atomic E-state index is 13.4. The van der Waals surface area contributed by atoms with E-state index in [0.717, 1.165) is 33.9 Å². The fourth-order valence-corrected chi connectivity index (χ4v) is 3.89. The van der Waals surface area contributed by atoms with Gasteiger partial charge in [-0.2, -0.15) is 0 Å². The Hall–Kier alpha value is -3.60. The van der Waals surface area contributed by atoms with E-state index in [1.54, 1.807) is 7.11 Å². The molecule has 0 bridgehead atoms. The van der Waals surface area contributed by atoms with Crippen LogP contribution in [0.4, 0.5) is 5.69 Å². The van der Waals surface area contributed by atoms with Gasteiger partial charge in [0.15, 0.2) is 0 Å². The highest BCUT2D eigenvalue weighted by Crippen LogP contribution is 2.22. The van der Waals surface area contributed by atoms with Crippen LogP contribution in [0, 0.1) is 0 Å². The van der Waals surface area contributed by atoms with Gasteiger partial charge in [-0.1, -0.05) is 42.5 Å². The van der Waals surface area contributed by atoms with E-state index in [-0.39, 0.29) is 18.5 Å².